The predicted molar refractivity (Wildman–Crippen MR) is 189 cm³/mol. The van der Waals surface area contributed by atoms with Crippen LogP contribution in [0.5, 0.6) is 0 Å². The Hall–Kier alpha value is -4.66. The average molecular weight is 584 g/mol. The first-order valence-corrected chi connectivity index (χ1v) is 16.4. The molecule has 5 aromatic carbocycles. The molecule has 5 aromatic rings. The minimum Gasteiger partial charge on any atom is -0.378 e. The van der Waals surface area contributed by atoms with Gasteiger partial charge in [0.2, 0.25) is 0 Å². The first-order valence-electron chi connectivity index (χ1n) is 14.5. The van der Waals surface area contributed by atoms with E-state index in [0.717, 1.165) is 33.9 Å². The standard InChI is InChI=1S/C38H40N4P/c1-30(29-43(35-15-9-6-10-16-35,36-17-11-7-12-18-36)37-19-13-8-14-20-37)39-40-38(31-21-25-33(26-22-31)41(2)3)32-23-27-34(28-24-32)42(4)5/h6-29,39H,1-5H3/q+1/b30-29+. The number of anilines is 2. The van der Waals surface area contributed by atoms with Gasteiger partial charge in [0.25, 0.3) is 0 Å². The second-order valence-corrected chi connectivity index (χ2v) is 14.2. The predicted octanol–water partition coefficient (Wildman–Crippen LogP) is 7.02. The molecule has 216 valence electrons. The Balaban J connectivity index is 1.63. The summed E-state index contributed by atoms with van der Waals surface area (Å²) in [5.74, 6) is 2.42. The molecular weight excluding hydrogens is 543 g/mol. The number of benzene rings is 5. The lowest BCUT2D eigenvalue weighted by molar-refractivity contribution is 0.891. The van der Waals surface area contributed by atoms with Crippen LogP contribution in [0.25, 0.3) is 0 Å². The van der Waals surface area contributed by atoms with Crippen molar-refractivity contribution in [2.24, 2.45) is 5.10 Å². The Labute approximate surface area is 257 Å². The maximum atomic E-state index is 5.07. The summed E-state index contributed by atoms with van der Waals surface area (Å²) in [6.07, 6.45) is 0. The van der Waals surface area contributed by atoms with Gasteiger partial charge in [0, 0.05) is 50.7 Å². The molecule has 0 saturated carbocycles. The molecule has 0 heterocycles. The third-order valence-corrected chi connectivity index (χ3v) is 11.6. The molecule has 0 aliphatic rings. The van der Waals surface area contributed by atoms with Crippen LogP contribution < -0.4 is 31.1 Å². The fourth-order valence-corrected chi connectivity index (χ4v) is 9.16. The van der Waals surface area contributed by atoms with Crippen molar-refractivity contribution in [1.29, 1.82) is 0 Å². The molecule has 5 heteroatoms. The molecule has 0 fully saturated rings. The van der Waals surface area contributed by atoms with Crippen molar-refractivity contribution in [2.75, 3.05) is 38.0 Å². The molecule has 5 rings (SSSR count). The van der Waals surface area contributed by atoms with Gasteiger partial charge in [-0.2, -0.15) is 5.10 Å². The molecule has 0 aliphatic heterocycles. The highest BCUT2D eigenvalue weighted by atomic mass is 31.2. The molecule has 4 nitrogen and oxygen atoms in total. The van der Waals surface area contributed by atoms with Gasteiger partial charge < -0.3 is 9.80 Å². The number of hydrogen-bond acceptors (Lipinski definition) is 4. The van der Waals surface area contributed by atoms with Crippen molar-refractivity contribution < 1.29 is 0 Å². The number of hydrogen-bond donors (Lipinski definition) is 1. The lowest BCUT2D eigenvalue weighted by atomic mass is 10.0. The summed E-state index contributed by atoms with van der Waals surface area (Å²) in [5, 5.41) is 8.97. The van der Waals surface area contributed by atoms with Gasteiger partial charge in [-0.05, 0) is 67.6 Å². The number of nitrogens with zero attached hydrogens (tertiary/aromatic N) is 3. The van der Waals surface area contributed by atoms with E-state index in [1.165, 1.54) is 15.9 Å². The Morgan fingerprint density at radius 3 is 1.21 bits per heavy atom. The molecule has 0 aromatic heterocycles. The van der Waals surface area contributed by atoms with Crippen LogP contribution in [0.4, 0.5) is 11.4 Å². The topological polar surface area (TPSA) is 30.9 Å². The van der Waals surface area contributed by atoms with E-state index in [4.69, 9.17) is 5.10 Å². The van der Waals surface area contributed by atoms with E-state index in [1.54, 1.807) is 0 Å². The van der Waals surface area contributed by atoms with E-state index < -0.39 is 7.26 Å². The SMILES string of the molecule is C/C(=C\[P+](c1ccccc1)(c1ccccc1)c1ccccc1)NN=C(c1ccc(N(C)C)cc1)c1ccc(N(C)C)cc1. The van der Waals surface area contributed by atoms with Crippen molar-refractivity contribution in [3.63, 3.8) is 0 Å². The van der Waals surface area contributed by atoms with Crippen LogP contribution in [0.3, 0.4) is 0 Å². The molecule has 0 atom stereocenters. The van der Waals surface area contributed by atoms with Gasteiger partial charge in [-0.1, -0.05) is 78.9 Å². The Morgan fingerprint density at radius 2 is 0.884 bits per heavy atom. The first-order chi connectivity index (χ1) is 20.9. The molecule has 43 heavy (non-hydrogen) atoms. The minimum absolute atomic E-state index is 0.895. The van der Waals surface area contributed by atoms with Crippen LogP contribution in [-0.2, 0) is 0 Å². The largest absolute Gasteiger partial charge is 0.378 e. The summed E-state index contributed by atoms with van der Waals surface area (Å²) in [4.78, 5) is 4.22. The van der Waals surface area contributed by atoms with Crippen LogP contribution >= 0.6 is 7.26 Å². The fourth-order valence-electron chi connectivity index (χ4n) is 5.25. The Bertz CT molecular complexity index is 1510. The number of allylic oxidation sites excluding steroid dienone is 1. The van der Waals surface area contributed by atoms with Crippen LogP contribution in [0.2, 0.25) is 0 Å². The monoisotopic (exact) mass is 583 g/mol. The van der Waals surface area contributed by atoms with Gasteiger partial charge in [-0.3, -0.25) is 5.43 Å². The third-order valence-electron chi connectivity index (χ3n) is 7.54. The normalized spacial score (nSPS) is 11.5. The second-order valence-electron chi connectivity index (χ2n) is 11.0. The second kappa shape index (κ2) is 13.5. The molecule has 0 unspecified atom stereocenters. The fraction of sp³-hybridized carbons (Fsp3) is 0.132. The van der Waals surface area contributed by atoms with Crippen molar-refractivity contribution in [3.05, 3.63) is 162 Å². The Morgan fingerprint density at radius 1 is 0.535 bits per heavy atom. The summed E-state index contributed by atoms with van der Waals surface area (Å²) in [5.41, 5.74) is 9.78. The van der Waals surface area contributed by atoms with Crippen LogP contribution in [0, 0.1) is 0 Å². The Kier molecular flexibility index (Phi) is 9.39. The molecule has 0 bridgehead atoms. The smallest absolute Gasteiger partial charge is 0.138 e. The van der Waals surface area contributed by atoms with Gasteiger partial charge in [0.15, 0.2) is 0 Å². The highest BCUT2D eigenvalue weighted by Crippen LogP contribution is 2.57. The zero-order chi connectivity index (χ0) is 30.2. The average Bonchev–Trinajstić information content (AvgIpc) is 3.05. The molecule has 1 N–H and O–H groups in total. The van der Waals surface area contributed by atoms with Crippen LogP contribution in [-0.4, -0.2) is 33.9 Å². The molecule has 0 saturated heterocycles. The lowest BCUT2D eigenvalue weighted by Gasteiger charge is -2.24. The van der Waals surface area contributed by atoms with E-state index in [2.05, 4.69) is 196 Å². The van der Waals surface area contributed by atoms with Crippen molar-refractivity contribution in [3.8, 4) is 0 Å². The summed E-state index contributed by atoms with van der Waals surface area (Å²) in [6, 6.07) is 49.7. The summed E-state index contributed by atoms with van der Waals surface area (Å²) in [7, 11) is 6.07. The van der Waals surface area contributed by atoms with Gasteiger partial charge in [0.1, 0.15) is 23.2 Å². The summed E-state index contributed by atoms with van der Waals surface area (Å²) >= 11 is 0. The maximum absolute atomic E-state index is 5.07. The van der Waals surface area contributed by atoms with Crippen molar-refractivity contribution >= 4 is 40.3 Å². The lowest BCUT2D eigenvalue weighted by Crippen LogP contribution is -2.30. The van der Waals surface area contributed by atoms with Crippen LogP contribution in [0.15, 0.2) is 156 Å². The van der Waals surface area contributed by atoms with Crippen molar-refractivity contribution in [2.45, 2.75) is 6.92 Å². The van der Waals surface area contributed by atoms with Crippen LogP contribution in [0.1, 0.15) is 18.1 Å². The molecule has 0 amide bonds. The minimum atomic E-state index is -2.15. The highest BCUT2D eigenvalue weighted by Gasteiger charge is 2.43. The number of nitrogens with one attached hydrogen (secondary N) is 1. The number of rotatable bonds is 10. The highest BCUT2D eigenvalue weighted by molar-refractivity contribution is 7.98. The van der Waals surface area contributed by atoms with Crippen molar-refractivity contribution in [1.82, 2.24) is 5.43 Å². The molecular formula is C38H40N4P+. The zero-order valence-corrected chi connectivity index (χ0v) is 26.5. The van der Waals surface area contributed by atoms with E-state index in [9.17, 15) is 0 Å². The number of hydrazone groups is 1. The zero-order valence-electron chi connectivity index (χ0n) is 25.6. The molecule has 0 radical (unpaired) electrons. The third kappa shape index (κ3) is 6.71. The van der Waals surface area contributed by atoms with E-state index in [1.807, 2.05) is 0 Å². The van der Waals surface area contributed by atoms with Gasteiger partial charge in [-0.25, -0.2) is 0 Å². The van der Waals surface area contributed by atoms with Gasteiger partial charge in [-0.15, -0.1) is 0 Å². The van der Waals surface area contributed by atoms with E-state index in [-0.39, 0.29) is 0 Å². The maximum Gasteiger partial charge on any atom is 0.138 e. The summed E-state index contributed by atoms with van der Waals surface area (Å²) < 4.78 is 0. The quantitative estimate of drug-likeness (QED) is 0.109. The molecule has 0 aliphatic carbocycles. The van der Waals surface area contributed by atoms with Gasteiger partial charge >= 0.3 is 0 Å². The summed E-state index contributed by atoms with van der Waals surface area (Å²) in [6.45, 7) is 2.12. The van der Waals surface area contributed by atoms with E-state index in [0.29, 0.717) is 0 Å². The first kappa shape index (κ1) is 29.8. The van der Waals surface area contributed by atoms with E-state index >= 15 is 0 Å². The molecule has 0 spiro atoms. The van der Waals surface area contributed by atoms with Gasteiger partial charge in [0.05, 0.1) is 17.2 Å².